The maximum atomic E-state index is 13.7. The van der Waals surface area contributed by atoms with Crippen molar-refractivity contribution in [2.24, 2.45) is 0 Å². The van der Waals surface area contributed by atoms with Gasteiger partial charge >= 0.3 is 6.18 Å². The van der Waals surface area contributed by atoms with Gasteiger partial charge in [0.05, 0.1) is 27.0 Å². The van der Waals surface area contributed by atoms with Crippen LogP contribution in [-0.4, -0.2) is 18.3 Å². The Balaban J connectivity index is 1.87. The molecule has 1 aliphatic carbocycles. The van der Waals surface area contributed by atoms with Gasteiger partial charge in [-0.15, -0.1) is 0 Å². The van der Waals surface area contributed by atoms with E-state index < -0.39 is 12.1 Å². The zero-order valence-electron chi connectivity index (χ0n) is 15.8. The molecule has 0 aliphatic heterocycles. The Morgan fingerprint density at radius 1 is 1.17 bits per heavy atom. The molecule has 0 radical (unpaired) electrons. The van der Waals surface area contributed by atoms with Crippen molar-refractivity contribution in [3.8, 4) is 0 Å². The summed E-state index contributed by atoms with van der Waals surface area (Å²) in [6.45, 7) is 0. The molecule has 3 rings (SSSR count). The van der Waals surface area contributed by atoms with Gasteiger partial charge < -0.3 is 10.6 Å². The molecular formula is C21H18Cl3F3N2S. The Kier molecular flexibility index (Phi) is 7.23. The molecule has 2 unspecified atom stereocenters. The lowest BCUT2D eigenvalue weighted by Crippen LogP contribution is -2.34. The third kappa shape index (κ3) is 5.22. The first-order valence-corrected chi connectivity index (χ1v) is 10.6. The lowest BCUT2D eigenvalue weighted by Gasteiger charge is -2.18. The van der Waals surface area contributed by atoms with Crippen LogP contribution in [0.5, 0.6) is 0 Å². The van der Waals surface area contributed by atoms with Gasteiger partial charge in [-0.25, -0.2) is 0 Å². The zero-order valence-corrected chi connectivity index (χ0v) is 18.9. The molecule has 9 heteroatoms. The number of allylic oxidation sites excluding steroid dienone is 1. The van der Waals surface area contributed by atoms with Crippen LogP contribution in [0.25, 0.3) is 6.08 Å². The van der Waals surface area contributed by atoms with Crippen LogP contribution in [-0.2, 0) is 6.42 Å². The quantitative estimate of drug-likeness (QED) is 0.351. The third-order valence-electron chi connectivity index (χ3n) is 4.98. The Morgan fingerprint density at radius 3 is 2.43 bits per heavy atom. The lowest BCUT2D eigenvalue weighted by molar-refractivity contribution is -0.139. The van der Waals surface area contributed by atoms with Crippen molar-refractivity contribution in [2.75, 3.05) is 7.05 Å². The van der Waals surface area contributed by atoms with Gasteiger partial charge in [-0.1, -0.05) is 65.2 Å². The predicted octanol–water partition coefficient (Wildman–Crippen LogP) is 7.09. The van der Waals surface area contributed by atoms with Gasteiger partial charge in [0.1, 0.15) is 0 Å². The number of halogens is 6. The fraction of sp³-hybridized carbons (Fsp3) is 0.286. The molecule has 2 atom stereocenters. The second-order valence-corrected chi connectivity index (χ2v) is 8.55. The van der Waals surface area contributed by atoms with Gasteiger partial charge in [-0.2, -0.15) is 13.2 Å². The SMILES string of the molecule is CNC(=S)NC1CCc2cc(/C=C/C(c3cc(Cl)c(Cl)c(Cl)c3)C(F)(F)F)ccc21. The summed E-state index contributed by atoms with van der Waals surface area (Å²) in [6.07, 6.45) is -0.235. The summed E-state index contributed by atoms with van der Waals surface area (Å²) in [6, 6.07) is 8.12. The minimum absolute atomic E-state index is 0.0163. The molecule has 2 aromatic rings. The van der Waals surface area contributed by atoms with Gasteiger partial charge in [-0.05, 0) is 59.4 Å². The molecule has 2 nitrogen and oxygen atoms in total. The van der Waals surface area contributed by atoms with Crippen LogP contribution in [0.3, 0.4) is 0 Å². The molecule has 0 spiro atoms. The van der Waals surface area contributed by atoms with E-state index in [1.165, 1.54) is 18.2 Å². The average molecular weight is 494 g/mol. The van der Waals surface area contributed by atoms with Crippen molar-refractivity contribution in [3.63, 3.8) is 0 Å². The summed E-state index contributed by atoms with van der Waals surface area (Å²) in [5.74, 6) is -1.86. The van der Waals surface area contributed by atoms with E-state index in [0.717, 1.165) is 30.0 Å². The fourth-order valence-electron chi connectivity index (χ4n) is 3.49. The van der Waals surface area contributed by atoms with Crippen molar-refractivity contribution in [1.29, 1.82) is 0 Å². The summed E-state index contributed by atoms with van der Waals surface area (Å²) in [5.41, 5.74) is 2.82. The average Bonchev–Trinajstić information content (AvgIpc) is 3.07. The first-order chi connectivity index (χ1) is 14.1. The zero-order chi connectivity index (χ0) is 22.1. The van der Waals surface area contributed by atoms with Crippen LogP contribution < -0.4 is 10.6 Å². The van der Waals surface area contributed by atoms with E-state index in [1.54, 1.807) is 13.1 Å². The summed E-state index contributed by atoms with van der Waals surface area (Å²) in [7, 11) is 1.75. The molecule has 2 N–H and O–H groups in total. The summed E-state index contributed by atoms with van der Waals surface area (Å²) in [4.78, 5) is 0. The van der Waals surface area contributed by atoms with Crippen molar-refractivity contribution in [2.45, 2.75) is 31.0 Å². The van der Waals surface area contributed by atoms with Crippen molar-refractivity contribution in [1.82, 2.24) is 10.6 Å². The molecule has 2 aromatic carbocycles. The Bertz CT molecular complexity index is 969. The number of thiocarbonyl (C=S) groups is 1. The Morgan fingerprint density at radius 2 is 1.83 bits per heavy atom. The largest absolute Gasteiger partial charge is 0.399 e. The second kappa shape index (κ2) is 9.35. The van der Waals surface area contributed by atoms with E-state index in [-0.39, 0.29) is 26.7 Å². The van der Waals surface area contributed by atoms with Gasteiger partial charge in [-0.3, -0.25) is 0 Å². The summed E-state index contributed by atoms with van der Waals surface area (Å²) >= 11 is 22.9. The minimum Gasteiger partial charge on any atom is -0.366 e. The number of rotatable bonds is 4. The molecule has 0 heterocycles. The molecule has 0 bridgehead atoms. The summed E-state index contributed by atoms with van der Waals surface area (Å²) < 4.78 is 41.1. The van der Waals surface area contributed by atoms with E-state index in [1.807, 2.05) is 12.1 Å². The number of hydrogen-bond donors (Lipinski definition) is 2. The lowest BCUT2D eigenvalue weighted by atomic mass is 9.96. The maximum absolute atomic E-state index is 13.7. The van der Waals surface area contributed by atoms with Gasteiger partial charge in [0.25, 0.3) is 0 Å². The molecule has 0 saturated carbocycles. The molecule has 0 fully saturated rings. The van der Waals surface area contributed by atoms with Crippen LogP contribution in [0, 0.1) is 0 Å². The van der Waals surface area contributed by atoms with Gasteiger partial charge in [0.15, 0.2) is 5.11 Å². The van der Waals surface area contributed by atoms with Crippen LogP contribution in [0.2, 0.25) is 15.1 Å². The van der Waals surface area contributed by atoms with Crippen LogP contribution in [0.1, 0.15) is 40.6 Å². The standard InChI is InChI=1S/C21H18Cl3F3N2S/c1-28-20(30)29-18-7-4-12-8-11(2-5-14(12)18)3-6-15(21(25,26)27)13-9-16(22)19(24)17(23)10-13/h2-3,5-6,8-10,15,18H,4,7H2,1H3,(H2,28,29,30)/b6-3+. The topological polar surface area (TPSA) is 24.1 Å². The fourth-order valence-corrected chi connectivity index (χ4v) is 4.25. The summed E-state index contributed by atoms with van der Waals surface area (Å²) in [5, 5.41) is 6.67. The number of aryl methyl sites for hydroxylation is 1. The van der Waals surface area contributed by atoms with Gasteiger partial charge in [0, 0.05) is 7.05 Å². The molecule has 160 valence electrons. The number of nitrogens with one attached hydrogen (secondary N) is 2. The van der Waals surface area contributed by atoms with Gasteiger partial charge in [0.2, 0.25) is 0 Å². The molecule has 1 aliphatic rings. The first kappa shape index (κ1) is 23.2. The molecule has 0 amide bonds. The Hall–Kier alpha value is -1.47. The van der Waals surface area contributed by atoms with Crippen LogP contribution in [0.15, 0.2) is 36.4 Å². The van der Waals surface area contributed by atoms with Crippen molar-refractivity contribution in [3.05, 3.63) is 73.7 Å². The molecular weight excluding hydrogens is 476 g/mol. The van der Waals surface area contributed by atoms with E-state index >= 15 is 0 Å². The van der Waals surface area contributed by atoms with E-state index in [0.29, 0.717) is 10.7 Å². The predicted molar refractivity (Wildman–Crippen MR) is 122 cm³/mol. The van der Waals surface area contributed by atoms with Crippen molar-refractivity contribution < 1.29 is 13.2 Å². The Labute approximate surface area is 193 Å². The third-order valence-corrected chi connectivity index (χ3v) is 6.50. The highest BCUT2D eigenvalue weighted by Crippen LogP contribution is 2.41. The number of hydrogen-bond acceptors (Lipinski definition) is 1. The first-order valence-electron chi connectivity index (χ1n) is 9.10. The number of fused-ring (bicyclic) bond motifs is 1. The van der Waals surface area contributed by atoms with Crippen molar-refractivity contribution >= 4 is 58.2 Å². The van der Waals surface area contributed by atoms with Crippen LogP contribution >= 0.6 is 47.0 Å². The molecule has 30 heavy (non-hydrogen) atoms. The van der Waals surface area contributed by atoms with E-state index in [9.17, 15) is 13.2 Å². The molecule has 0 aromatic heterocycles. The maximum Gasteiger partial charge on any atom is 0.399 e. The highest BCUT2D eigenvalue weighted by Gasteiger charge is 2.39. The monoisotopic (exact) mass is 492 g/mol. The number of alkyl halides is 3. The normalized spacial score (nSPS) is 17.1. The van der Waals surface area contributed by atoms with Crippen LogP contribution in [0.4, 0.5) is 13.2 Å². The number of benzene rings is 2. The van der Waals surface area contributed by atoms with E-state index in [4.69, 9.17) is 47.0 Å². The second-order valence-electron chi connectivity index (χ2n) is 6.95. The van der Waals surface area contributed by atoms with E-state index in [2.05, 4.69) is 10.6 Å². The smallest absolute Gasteiger partial charge is 0.366 e. The highest BCUT2D eigenvalue weighted by molar-refractivity contribution is 7.80. The highest BCUT2D eigenvalue weighted by atomic mass is 35.5. The molecule has 0 saturated heterocycles. The minimum atomic E-state index is -4.51.